The van der Waals surface area contributed by atoms with Gasteiger partial charge in [-0.15, -0.1) is 11.8 Å². The van der Waals surface area contributed by atoms with Gasteiger partial charge in [-0.05, 0) is 19.8 Å². The highest BCUT2D eigenvalue weighted by Gasteiger charge is 2.53. The van der Waals surface area contributed by atoms with Gasteiger partial charge in [0.05, 0.1) is 11.4 Å². The van der Waals surface area contributed by atoms with Gasteiger partial charge >= 0.3 is 0 Å². The Hall–Kier alpha value is -0.850. The zero-order valence-corrected chi connectivity index (χ0v) is 12.6. The van der Waals surface area contributed by atoms with Crippen molar-refractivity contribution in [2.45, 2.75) is 50.4 Å². The van der Waals surface area contributed by atoms with E-state index in [4.69, 9.17) is 0 Å². The summed E-state index contributed by atoms with van der Waals surface area (Å²) in [5.41, 5.74) is 0. The molecule has 2 fully saturated rings. The fourth-order valence-electron chi connectivity index (χ4n) is 2.94. The third kappa shape index (κ3) is 2.77. The molecule has 0 N–H and O–H groups in total. The van der Waals surface area contributed by atoms with Crippen molar-refractivity contribution >= 4 is 23.6 Å². The van der Waals surface area contributed by atoms with E-state index in [0.717, 1.165) is 6.42 Å². The van der Waals surface area contributed by atoms with Crippen LogP contribution in [0.1, 0.15) is 33.1 Å². The largest absolute Gasteiger partial charge is 0.335 e. The standard InChI is InChI=1S/C13H20F2N2O2S/c1-3-6-16(7-10(14)15)12(19)9-8-20-13(2)5-4-11(18)17(9)13/h9-10H,3-8H2,1-2H3/t9-,13+/m0/s1. The van der Waals surface area contributed by atoms with Gasteiger partial charge < -0.3 is 9.80 Å². The van der Waals surface area contributed by atoms with Crippen molar-refractivity contribution in [2.24, 2.45) is 0 Å². The van der Waals surface area contributed by atoms with E-state index in [1.165, 1.54) is 4.90 Å². The molecule has 7 heteroatoms. The van der Waals surface area contributed by atoms with Gasteiger partial charge in [-0.3, -0.25) is 9.59 Å². The van der Waals surface area contributed by atoms with Crippen LogP contribution in [0.5, 0.6) is 0 Å². The molecular formula is C13H20F2N2O2S. The molecule has 20 heavy (non-hydrogen) atoms. The quantitative estimate of drug-likeness (QED) is 0.779. The van der Waals surface area contributed by atoms with Crippen LogP contribution in [-0.2, 0) is 9.59 Å². The lowest BCUT2D eigenvalue weighted by molar-refractivity contribution is -0.145. The monoisotopic (exact) mass is 306 g/mol. The van der Waals surface area contributed by atoms with Gasteiger partial charge in [-0.25, -0.2) is 8.78 Å². The highest BCUT2D eigenvalue weighted by atomic mass is 32.2. The molecule has 2 aliphatic rings. The van der Waals surface area contributed by atoms with Crippen molar-refractivity contribution in [3.05, 3.63) is 0 Å². The lowest BCUT2D eigenvalue weighted by atomic mass is 10.2. The third-order valence-electron chi connectivity index (χ3n) is 3.89. The molecule has 2 saturated heterocycles. The minimum Gasteiger partial charge on any atom is -0.335 e. The van der Waals surface area contributed by atoms with Crippen molar-refractivity contribution in [1.29, 1.82) is 0 Å². The highest BCUT2D eigenvalue weighted by molar-refractivity contribution is 8.01. The molecule has 0 aromatic heterocycles. The van der Waals surface area contributed by atoms with Gasteiger partial charge in [0.1, 0.15) is 6.04 Å². The number of nitrogens with zero attached hydrogens (tertiary/aromatic N) is 2. The van der Waals surface area contributed by atoms with Crippen LogP contribution in [0, 0.1) is 0 Å². The van der Waals surface area contributed by atoms with E-state index >= 15 is 0 Å². The summed E-state index contributed by atoms with van der Waals surface area (Å²) in [5.74, 6) is 0.132. The number of carbonyl (C=O) groups is 2. The number of halogens is 2. The molecule has 0 bridgehead atoms. The first-order valence-electron chi connectivity index (χ1n) is 6.92. The number of fused-ring (bicyclic) bond motifs is 1. The van der Waals surface area contributed by atoms with E-state index in [2.05, 4.69) is 0 Å². The summed E-state index contributed by atoms with van der Waals surface area (Å²) in [4.78, 5) is 26.9. The number of alkyl halides is 2. The average Bonchev–Trinajstić information content (AvgIpc) is 2.85. The molecule has 0 saturated carbocycles. The molecule has 2 amide bonds. The number of hydrogen-bond acceptors (Lipinski definition) is 3. The van der Waals surface area contributed by atoms with Crippen LogP contribution < -0.4 is 0 Å². The lowest BCUT2D eigenvalue weighted by Crippen LogP contribution is -2.52. The van der Waals surface area contributed by atoms with Crippen molar-refractivity contribution in [1.82, 2.24) is 9.80 Å². The maximum atomic E-state index is 12.6. The molecule has 2 aliphatic heterocycles. The molecule has 0 aromatic carbocycles. The maximum absolute atomic E-state index is 12.6. The minimum absolute atomic E-state index is 0.0376. The van der Waals surface area contributed by atoms with Crippen LogP contribution in [0.25, 0.3) is 0 Å². The van der Waals surface area contributed by atoms with E-state index in [9.17, 15) is 18.4 Å². The molecule has 4 nitrogen and oxygen atoms in total. The van der Waals surface area contributed by atoms with Crippen molar-refractivity contribution < 1.29 is 18.4 Å². The average molecular weight is 306 g/mol. The molecule has 0 spiro atoms. The lowest BCUT2D eigenvalue weighted by Gasteiger charge is -2.33. The summed E-state index contributed by atoms with van der Waals surface area (Å²) in [5, 5.41) is 0. The number of carbonyl (C=O) groups excluding carboxylic acids is 2. The Balaban J connectivity index is 2.13. The summed E-state index contributed by atoms with van der Waals surface area (Å²) in [6.45, 7) is 3.56. The maximum Gasteiger partial charge on any atom is 0.255 e. The van der Waals surface area contributed by atoms with Gasteiger partial charge in [0, 0.05) is 18.7 Å². The topological polar surface area (TPSA) is 40.6 Å². The molecule has 0 aliphatic carbocycles. The van der Waals surface area contributed by atoms with Crippen molar-refractivity contribution in [2.75, 3.05) is 18.8 Å². The van der Waals surface area contributed by atoms with E-state index in [1.54, 1.807) is 16.7 Å². The van der Waals surface area contributed by atoms with Crippen LogP contribution in [0.4, 0.5) is 8.78 Å². The summed E-state index contributed by atoms with van der Waals surface area (Å²) < 4.78 is 25.2. The third-order valence-corrected chi connectivity index (χ3v) is 5.40. The Bertz CT molecular complexity index is 408. The van der Waals surface area contributed by atoms with E-state index in [-0.39, 0.29) is 16.7 Å². The number of amides is 2. The number of thioether (sulfide) groups is 1. The first kappa shape index (κ1) is 15.5. The first-order valence-corrected chi connectivity index (χ1v) is 7.90. The van der Waals surface area contributed by atoms with E-state index in [1.807, 2.05) is 13.8 Å². The fraction of sp³-hybridized carbons (Fsp3) is 0.846. The Morgan fingerprint density at radius 2 is 2.30 bits per heavy atom. The zero-order valence-electron chi connectivity index (χ0n) is 11.8. The summed E-state index contributed by atoms with van der Waals surface area (Å²) in [6.07, 6.45) is -0.747. The van der Waals surface area contributed by atoms with Gasteiger partial charge in [-0.1, -0.05) is 6.92 Å². The highest BCUT2D eigenvalue weighted by Crippen LogP contribution is 2.47. The first-order chi connectivity index (χ1) is 9.39. The Morgan fingerprint density at radius 1 is 1.60 bits per heavy atom. The van der Waals surface area contributed by atoms with Crippen molar-refractivity contribution in [3.63, 3.8) is 0 Å². The molecule has 114 valence electrons. The Kier molecular flexibility index (Phi) is 4.56. The summed E-state index contributed by atoms with van der Waals surface area (Å²) in [7, 11) is 0. The number of hydrogen-bond donors (Lipinski definition) is 0. The Labute approximate surface area is 121 Å². The molecule has 2 rings (SSSR count). The minimum atomic E-state index is -2.54. The van der Waals surface area contributed by atoms with Crippen LogP contribution >= 0.6 is 11.8 Å². The smallest absolute Gasteiger partial charge is 0.255 e. The second kappa shape index (κ2) is 5.87. The fourth-order valence-corrected chi connectivity index (χ4v) is 4.37. The van der Waals surface area contributed by atoms with Gasteiger partial charge in [0.25, 0.3) is 6.43 Å². The SMILES string of the molecule is CCCN(CC(F)F)C(=O)[C@@H]1CS[C@]2(C)CCC(=O)N12. The molecule has 0 unspecified atom stereocenters. The van der Waals surface area contributed by atoms with Crippen molar-refractivity contribution in [3.8, 4) is 0 Å². The van der Waals surface area contributed by atoms with E-state index < -0.39 is 19.0 Å². The van der Waals surface area contributed by atoms with Crippen LogP contribution in [0.3, 0.4) is 0 Å². The van der Waals surface area contributed by atoms with Crippen LogP contribution in [-0.4, -0.2) is 57.8 Å². The van der Waals surface area contributed by atoms with Gasteiger partial charge in [0.2, 0.25) is 11.8 Å². The number of rotatable bonds is 5. The van der Waals surface area contributed by atoms with Gasteiger partial charge in [0.15, 0.2) is 0 Å². The predicted molar refractivity (Wildman–Crippen MR) is 73.6 cm³/mol. The second-order valence-electron chi connectivity index (χ2n) is 5.44. The summed E-state index contributed by atoms with van der Waals surface area (Å²) >= 11 is 1.58. The zero-order chi connectivity index (χ0) is 14.9. The molecule has 2 atom stereocenters. The predicted octanol–water partition coefficient (Wildman–Crippen LogP) is 1.94. The Morgan fingerprint density at radius 3 is 2.90 bits per heavy atom. The molecular weight excluding hydrogens is 286 g/mol. The molecule has 0 radical (unpaired) electrons. The molecule has 2 heterocycles. The second-order valence-corrected chi connectivity index (χ2v) is 6.94. The summed E-state index contributed by atoms with van der Waals surface area (Å²) in [6, 6.07) is -0.578. The van der Waals surface area contributed by atoms with Crippen LogP contribution in [0.2, 0.25) is 0 Å². The van der Waals surface area contributed by atoms with Crippen LogP contribution in [0.15, 0.2) is 0 Å². The van der Waals surface area contributed by atoms with Gasteiger partial charge in [-0.2, -0.15) is 0 Å². The van der Waals surface area contributed by atoms with E-state index in [0.29, 0.717) is 25.1 Å². The normalized spacial score (nSPS) is 29.1. The molecule has 0 aromatic rings.